The Morgan fingerprint density at radius 2 is 1.55 bits per heavy atom. The summed E-state index contributed by atoms with van der Waals surface area (Å²) in [6, 6.07) is 20.6. The van der Waals surface area contributed by atoms with Crippen LogP contribution in [0, 0.1) is 0 Å². The number of ether oxygens (including phenoxy) is 1. The fraction of sp³-hybridized carbons (Fsp3) is 0.333. The van der Waals surface area contributed by atoms with E-state index in [4.69, 9.17) is 16.3 Å². The van der Waals surface area contributed by atoms with E-state index in [9.17, 15) is 18.0 Å². The first-order chi connectivity index (χ1) is 18.9. The normalized spacial score (nSPS) is 12.3. The van der Waals surface area contributed by atoms with Crippen molar-refractivity contribution in [1.82, 2.24) is 10.2 Å². The first kappa shape index (κ1) is 31.0. The number of amides is 2. The van der Waals surface area contributed by atoms with Crippen molar-refractivity contribution in [3.63, 3.8) is 0 Å². The van der Waals surface area contributed by atoms with Gasteiger partial charge in [-0.1, -0.05) is 67.1 Å². The molecular weight excluding hydrogens is 550 g/mol. The van der Waals surface area contributed by atoms with Crippen LogP contribution in [0.5, 0.6) is 5.75 Å². The van der Waals surface area contributed by atoms with Gasteiger partial charge in [-0.25, -0.2) is 8.42 Å². The van der Waals surface area contributed by atoms with Crippen molar-refractivity contribution in [2.75, 3.05) is 18.0 Å². The Morgan fingerprint density at radius 1 is 0.950 bits per heavy atom. The highest BCUT2D eigenvalue weighted by molar-refractivity contribution is 7.92. The first-order valence-corrected chi connectivity index (χ1v) is 14.8. The Hall–Kier alpha value is -3.56. The van der Waals surface area contributed by atoms with E-state index in [2.05, 4.69) is 5.32 Å². The first-order valence-electron chi connectivity index (χ1n) is 12.9. The summed E-state index contributed by atoms with van der Waals surface area (Å²) in [7, 11) is -2.77. The predicted molar refractivity (Wildman–Crippen MR) is 158 cm³/mol. The van der Waals surface area contributed by atoms with E-state index in [-0.39, 0.29) is 28.8 Å². The maximum atomic E-state index is 14.1. The van der Waals surface area contributed by atoms with Gasteiger partial charge in [0.05, 0.1) is 17.7 Å². The molecule has 1 atom stereocenters. The predicted octanol–water partition coefficient (Wildman–Crippen LogP) is 5.27. The molecule has 0 aliphatic rings. The van der Waals surface area contributed by atoms with Crippen LogP contribution < -0.4 is 14.4 Å². The van der Waals surface area contributed by atoms with E-state index >= 15 is 0 Å². The molecule has 214 valence electrons. The number of rotatable bonds is 11. The van der Waals surface area contributed by atoms with Crippen LogP contribution in [0.25, 0.3) is 0 Å². The molecule has 8 nitrogen and oxygen atoms in total. The van der Waals surface area contributed by atoms with Gasteiger partial charge in [0.25, 0.3) is 10.0 Å². The SMILES string of the molecule is CC[C@H](C(=O)NC(C)(C)C)N(Cc1ccccc1Cl)C(=O)CN(c1ccccc1OC)S(=O)(=O)c1ccccc1. The van der Waals surface area contributed by atoms with Crippen molar-refractivity contribution in [2.45, 2.75) is 57.1 Å². The molecule has 3 aromatic carbocycles. The number of nitrogens with zero attached hydrogens (tertiary/aromatic N) is 2. The molecule has 1 N–H and O–H groups in total. The number of anilines is 1. The highest BCUT2D eigenvalue weighted by atomic mass is 35.5. The molecule has 2 amide bonds. The van der Waals surface area contributed by atoms with Crippen LogP contribution in [0.15, 0.2) is 83.8 Å². The van der Waals surface area contributed by atoms with Gasteiger partial charge < -0.3 is 15.0 Å². The number of methoxy groups -OCH3 is 1. The van der Waals surface area contributed by atoms with E-state index in [1.54, 1.807) is 73.7 Å². The third kappa shape index (κ3) is 7.55. The molecule has 0 aliphatic heterocycles. The molecule has 10 heteroatoms. The van der Waals surface area contributed by atoms with Crippen LogP contribution in [0.2, 0.25) is 5.02 Å². The van der Waals surface area contributed by atoms with Crippen molar-refractivity contribution in [3.8, 4) is 5.75 Å². The lowest BCUT2D eigenvalue weighted by Gasteiger charge is -2.35. The molecule has 0 bridgehead atoms. The lowest BCUT2D eigenvalue weighted by Crippen LogP contribution is -2.55. The third-order valence-electron chi connectivity index (χ3n) is 6.15. The molecule has 3 rings (SSSR count). The second kappa shape index (κ2) is 13.2. The molecule has 0 saturated heterocycles. The van der Waals surface area contributed by atoms with Crippen LogP contribution in [0.1, 0.15) is 39.7 Å². The van der Waals surface area contributed by atoms with Crippen molar-refractivity contribution in [1.29, 1.82) is 0 Å². The van der Waals surface area contributed by atoms with Crippen molar-refractivity contribution >= 4 is 39.1 Å². The van der Waals surface area contributed by atoms with E-state index in [0.29, 0.717) is 17.0 Å². The largest absolute Gasteiger partial charge is 0.495 e. The fourth-order valence-corrected chi connectivity index (χ4v) is 5.89. The number of carbonyl (C=O) groups excluding carboxylic acids is 2. The summed E-state index contributed by atoms with van der Waals surface area (Å²) in [5.41, 5.74) is 0.297. The highest BCUT2D eigenvalue weighted by Crippen LogP contribution is 2.32. The van der Waals surface area contributed by atoms with Gasteiger partial charge in [-0.2, -0.15) is 0 Å². The van der Waals surface area contributed by atoms with E-state index < -0.39 is 34.1 Å². The summed E-state index contributed by atoms with van der Waals surface area (Å²) in [6.07, 6.45) is 0.304. The molecular formula is C30H36ClN3O5S. The zero-order chi connectivity index (χ0) is 29.5. The minimum absolute atomic E-state index is 0.0136. The number of sulfonamides is 1. The van der Waals surface area contributed by atoms with Crippen LogP contribution in [0.3, 0.4) is 0 Å². The zero-order valence-electron chi connectivity index (χ0n) is 23.4. The van der Waals surface area contributed by atoms with Gasteiger partial charge in [0, 0.05) is 17.1 Å². The van der Waals surface area contributed by atoms with E-state index in [1.807, 2.05) is 20.8 Å². The average Bonchev–Trinajstić information content (AvgIpc) is 2.92. The van der Waals surface area contributed by atoms with Gasteiger partial charge in [0.1, 0.15) is 18.3 Å². The Bertz CT molecular complexity index is 1420. The van der Waals surface area contributed by atoms with Crippen molar-refractivity contribution in [2.24, 2.45) is 0 Å². The quantitative estimate of drug-likeness (QED) is 0.331. The Labute approximate surface area is 241 Å². The Morgan fingerprint density at radius 3 is 2.15 bits per heavy atom. The maximum absolute atomic E-state index is 14.1. The average molecular weight is 586 g/mol. The summed E-state index contributed by atoms with van der Waals surface area (Å²) in [5, 5.41) is 3.38. The molecule has 40 heavy (non-hydrogen) atoms. The number of hydrogen-bond donors (Lipinski definition) is 1. The number of hydrogen-bond acceptors (Lipinski definition) is 5. The molecule has 0 fully saturated rings. The van der Waals surface area contributed by atoms with Gasteiger partial charge in [-0.15, -0.1) is 0 Å². The summed E-state index contributed by atoms with van der Waals surface area (Å²) >= 11 is 6.44. The second-order valence-corrected chi connectivity index (χ2v) is 12.5. The fourth-order valence-electron chi connectivity index (χ4n) is 4.25. The molecule has 0 aliphatic carbocycles. The minimum Gasteiger partial charge on any atom is -0.495 e. The van der Waals surface area contributed by atoms with Crippen molar-refractivity contribution < 1.29 is 22.7 Å². The van der Waals surface area contributed by atoms with E-state index in [1.165, 1.54) is 24.1 Å². The summed E-state index contributed by atoms with van der Waals surface area (Å²) < 4.78 is 34.3. The lowest BCUT2D eigenvalue weighted by molar-refractivity contribution is -0.141. The van der Waals surface area contributed by atoms with Gasteiger partial charge in [0.15, 0.2) is 0 Å². The number of carbonyl (C=O) groups is 2. The third-order valence-corrected chi connectivity index (χ3v) is 8.29. The Balaban J connectivity index is 2.11. The molecule has 0 unspecified atom stereocenters. The molecule has 0 radical (unpaired) electrons. The topological polar surface area (TPSA) is 96.0 Å². The number of benzene rings is 3. The van der Waals surface area contributed by atoms with Crippen LogP contribution in [0.4, 0.5) is 5.69 Å². The van der Waals surface area contributed by atoms with Gasteiger partial charge >= 0.3 is 0 Å². The van der Waals surface area contributed by atoms with Gasteiger partial charge in [-0.3, -0.25) is 13.9 Å². The molecule has 0 aromatic heterocycles. The summed E-state index contributed by atoms with van der Waals surface area (Å²) in [6.45, 7) is 6.81. The Kier molecular flexibility index (Phi) is 10.2. The molecule has 0 spiro atoms. The summed E-state index contributed by atoms with van der Waals surface area (Å²) in [4.78, 5) is 29.0. The number of para-hydroxylation sites is 2. The number of halogens is 1. The van der Waals surface area contributed by atoms with Crippen LogP contribution in [-0.2, 0) is 26.2 Å². The molecule has 0 heterocycles. The smallest absolute Gasteiger partial charge is 0.264 e. The summed E-state index contributed by atoms with van der Waals surface area (Å²) in [5.74, 6) is -0.628. The monoisotopic (exact) mass is 585 g/mol. The second-order valence-electron chi connectivity index (χ2n) is 10.3. The van der Waals surface area contributed by atoms with Gasteiger partial charge in [0.2, 0.25) is 11.8 Å². The van der Waals surface area contributed by atoms with Crippen LogP contribution in [-0.4, -0.2) is 50.4 Å². The lowest BCUT2D eigenvalue weighted by atomic mass is 10.1. The standard InChI is InChI=1S/C30H36ClN3O5S/c1-6-25(29(36)32-30(2,3)4)33(20-22-14-10-11-17-24(22)31)28(35)21-34(26-18-12-13-19-27(26)39-5)40(37,38)23-15-8-7-9-16-23/h7-19,25H,6,20-21H2,1-5H3,(H,32,36)/t25-/m1/s1. The van der Waals surface area contributed by atoms with Gasteiger partial charge in [-0.05, 0) is 63.1 Å². The van der Waals surface area contributed by atoms with Crippen molar-refractivity contribution in [3.05, 3.63) is 89.4 Å². The van der Waals surface area contributed by atoms with Crippen LogP contribution >= 0.6 is 11.6 Å². The zero-order valence-corrected chi connectivity index (χ0v) is 25.0. The molecule has 3 aromatic rings. The number of nitrogens with one attached hydrogen (secondary N) is 1. The molecule has 0 saturated carbocycles. The highest BCUT2D eigenvalue weighted by Gasteiger charge is 2.35. The maximum Gasteiger partial charge on any atom is 0.264 e. The minimum atomic E-state index is -4.20. The van der Waals surface area contributed by atoms with E-state index in [0.717, 1.165) is 4.31 Å².